The van der Waals surface area contributed by atoms with Crippen LogP contribution >= 0.6 is 11.6 Å². The maximum atomic E-state index is 12.5. The van der Waals surface area contributed by atoms with E-state index in [0.717, 1.165) is 11.8 Å². The monoisotopic (exact) mass is 371 g/mol. The predicted molar refractivity (Wildman–Crippen MR) is 83.5 cm³/mol. The molecule has 0 radical (unpaired) electrons. The van der Waals surface area contributed by atoms with Crippen LogP contribution in [-0.2, 0) is 35.6 Å². The molecule has 7 nitrogen and oxygen atoms in total. The molecular weight excluding hydrogens is 358 g/mol. The maximum absolute atomic E-state index is 12.5. The van der Waals surface area contributed by atoms with Crippen molar-refractivity contribution in [3.8, 4) is 0 Å². The van der Waals surface area contributed by atoms with Gasteiger partial charge in [0.2, 0.25) is 11.1 Å². The summed E-state index contributed by atoms with van der Waals surface area (Å²) in [7, 11) is -4.11. The first-order chi connectivity index (χ1) is 11.2. The largest absolute Gasteiger partial charge is 0.459 e. The molecule has 0 unspecified atom stereocenters. The summed E-state index contributed by atoms with van der Waals surface area (Å²) in [4.78, 5) is 37.0. The van der Waals surface area contributed by atoms with E-state index < -0.39 is 43.1 Å². The number of β-lactam (4-membered cyclic amide) rings is 1. The second-order valence-corrected chi connectivity index (χ2v) is 8.71. The highest BCUT2D eigenvalue weighted by Crippen LogP contribution is 2.47. The van der Waals surface area contributed by atoms with Crippen LogP contribution in [0.2, 0.25) is 0 Å². The quantitative estimate of drug-likeness (QED) is 0.437. The molecule has 2 fully saturated rings. The summed E-state index contributed by atoms with van der Waals surface area (Å²) in [5.74, 6) is -1.48. The van der Waals surface area contributed by atoms with Gasteiger partial charge in [-0.05, 0) is 24.1 Å². The van der Waals surface area contributed by atoms with Crippen LogP contribution in [0.4, 0.5) is 0 Å². The lowest BCUT2D eigenvalue weighted by Gasteiger charge is -2.36. The SMILES string of the molecule is C[C@]1(C(=O)Cl)[C@H](C(=O)OCc2ccccc2)N2C(=O)C[C@H]2S1(=O)=O. The van der Waals surface area contributed by atoms with Gasteiger partial charge in [0, 0.05) is 0 Å². The van der Waals surface area contributed by atoms with Crippen molar-refractivity contribution in [1.29, 1.82) is 0 Å². The number of carbonyl (C=O) groups excluding carboxylic acids is 3. The number of hydrogen-bond donors (Lipinski definition) is 0. The molecule has 1 aromatic rings. The topological polar surface area (TPSA) is 97.8 Å². The van der Waals surface area contributed by atoms with Gasteiger partial charge in [0.25, 0.3) is 0 Å². The standard InChI is InChI=1S/C15H14ClNO6S/c1-15(14(16)20)12(17-10(18)7-11(17)24(15,21)22)13(19)23-8-9-5-3-2-4-6-9/h2-6,11-12H,7-8H2,1H3/t11-,12+,15-/m1/s1. The summed E-state index contributed by atoms with van der Waals surface area (Å²) >= 11 is 5.51. The Bertz CT molecular complexity index is 824. The molecule has 0 N–H and O–H groups in total. The molecule has 0 spiro atoms. The molecular formula is C15H14ClNO6S. The number of fused-ring (bicyclic) bond motifs is 1. The van der Waals surface area contributed by atoms with E-state index in [1.165, 1.54) is 0 Å². The van der Waals surface area contributed by atoms with Crippen LogP contribution in [0.15, 0.2) is 30.3 Å². The van der Waals surface area contributed by atoms with E-state index in [4.69, 9.17) is 16.3 Å². The Labute approximate surface area is 143 Å². The molecule has 24 heavy (non-hydrogen) atoms. The van der Waals surface area contributed by atoms with E-state index in [1.807, 2.05) is 0 Å². The molecule has 3 atom stereocenters. The van der Waals surface area contributed by atoms with Crippen LogP contribution < -0.4 is 0 Å². The fraction of sp³-hybridized carbons (Fsp3) is 0.400. The zero-order valence-corrected chi connectivity index (χ0v) is 14.2. The normalized spacial score (nSPS) is 30.4. The van der Waals surface area contributed by atoms with E-state index >= 15 is 0 Å². The highest BCUT2D eigenvalue weighted by Gasteiger charge is 2.73. The lowest BCUT2D eigenvalue weighted by Crippen LogP contribution is -2.58. The number of rotatable bonds is 4. The van der Waals surface area contributed by atoms with Crippen molar-refractivity contribution in [2.75, 3.05) is 0 Å². The Kier molecular flexibility index (Phi) is 3.92. The Hall–Kier alpha value is -1.93. The van der Waals surface area contributed by atoms with Crippen LogP contribution in [0.5, 0.6) is 0 Å². The highest BCUT2D eigenvalue weighted by atomic mass is 35.5. The van der Waals surface area contributed by atoms with Gasteiger partial charge < -0.3 is 9.64 Å². The molecule has 0 saturated carbocycles. The first kappa shape index (κ1) is 16.9. The Balaban J connectivity index is 1.90. The van der Waals surface area contributed by atoms with E-state index in [2.05, 4.69) is 0 Å². The summed E-state index contributed by atoms with van der Waals surface area (Å²) in [6.45, 7) is 0.965. The number of hydrogen-bond acceptors (Lipinski definition) is 6. The number of nitrogens with zero attached hydrogens (tertiary/aromatic N) is 1. The molecule has 2 aliphatic heterocycles. The molecule has 0 bridgehead atoms. The van der Waals surface area contributed by atoms with Gasteiger partial charge in [0.1, 0.15) is 12.0 Å². The van der Waals surface area contributed by atoms with Gasteiger partial charge in [-0.25, -0.2) is 13.2 Å². The Morgan fingerprint density at radius 2 is 1.96 bits per heavy atom. The first-order valence-corrected chi connectivity index (χ1v) is 9.08. The van der Waals surface area contributed by atoms with Crippen molar-refractivity contribution < 1.29 is 27.5 Å². The maximum Gasteiger partial charge on any atom is 0.331 e. The zero-order valence-electron chi connectivity index (χ0n) is 12.6. The number of ether oxygens (including phenoxy) is 1. The zero-order chi connectivity index (χ0) is 17.7. The molecule has 3 rings (SSSR count). The number of sulfone groups is 1. The predicted octanol–water partition coefficient (Wildman–Crippen LogP) is 0.609. The van der Waals surface area contributed by atoms with Crippen molar-refractivity contribution in [3.05, 3.63) is 35.9 Å². The molecule has 9 heteroatoms. The molecule has 2 heterocycles. The van der Waals surface area contributed by atoms with E-state index in [-0.39, 0.29) is 13.0 Å². The molecule has 1 aromatic carbocycles. The lowest BCUT2D eigenvalue weighted by molar-refractivity contribution is -0.163. The first-order valence-electron chi connectivity index (χ1n) is 7.16. The average molecular weight is 372 g/mol. The minimum Gasteiger partial charge on any atom is -0.459 e. The molecule has 2 saturated heterocycles. The summed E-state index contributed by atoms with van der Waals surface area (Å²) in [5.41, 5.74) is 0.692. The smallest absolute Gasteiger partial charge is 0.331 e. The average Bonchev–Trinajstić information content (AvgIpc) is 2.68. The second-order valence-electron chi connectivity index (χ2n) is 5.88. The molecule has 2 aliphatic rings. The van der Waals surface area contributed by atoms with Crippen LogP contribution in [0, 0.1) is 0 Å². The minimum absolute atomic E-state index is 0.102. The third-order valence-electron chi connectivity index (χ3n) is 4.53. The molecule has 0 aromatic heterocycles. The number of halogens is 1. The fourth-order valence-electron chi connectivity index (χ4n) is 3.04. The van der Waals surface area contributed by atoms with E-state index in [1.54, 1.807) is 30.3 Å². The van der Waals surface area contributed by atoms with Crippen LogP contribution in [-0.4, -0.2) is 46.6 Å². The highest BCUT2D eigenvalue weighted by molar-refractivity contribution is 7.95. The van der Waals surface area contributed by atoms with Crippen LogP contribution in [0.1, 0.15) is 18.9 Å². The second kappa shape index (κ2) is 5.56. The minimum atomic E-state index is -4.11. The van der Waals surface area contributed by atoms with Gasteiger partial charge in [0.15, 0.2) is 20.6 Å². The summed E-state index contributed by atoms with van der Waals surface area (Å²) in [5, 5.41) is -2.40. The fourth-order valence-corrected chi connectivity index (χ4v) is 5.68. The van der Waals surface area contributed by atoms with E-state index in [9.17, 15) is 22.8 Å². The molecule has 0 aliphatic carbocycles. The van der Waals surface area contributed by atoms with Crippen molar-refractivity contribution in [1.82, 2.24) is 4.90 Å². The van der Waals surface area contributed by atoms with Crippen LogP contribution in [0.3, 0.4) is 0 Å². The van der Waals surface area contributed by atoms with Gasteiger partial charge in [-0.3, -0.25) is 9.59 Å². The van der Waals surface area contributed by atoms with Crippen molar-refractivity contribution in [2.24, 2.45) is 0 Å². The number of carbonyl (C=O) groups is 3. The number of amides is 1. The summed E-state index contributed by atoms with van der Waals surface area (Å²) in [6.07, 6.45) is -0.259. The third-order valence-corrected chi connectivity index (χ3v) is 7.74. The van der Waals surface area contributed by atoms with E-state index in [0.29, 0.717) is 5.56 Å². The lowest BCUT2D eigenvalue weighted by atomic mass is 9.97. The van der Waals surface area contributed by atoms with Crippen molar-refractivity contribution >= 4 is 38.6 Å². The van der Waals surface area contributed by atoms with Crippen molar-refractivity contribution in [3.63, 3.8) is 0 Å². The summed E-state index contributed by atoms with van der Waals surface area (Å²) in [6, 6.07) is 7.18. The Morgan fingerprint density at radius 1 is 1.33 bits per heavy atom. The summed E-state index contributed by atoms with van der Waals surface area (Å²) < 4.78 is 28.0. The Morgan fingerprint density at radius 3 is 2.50 bits per heavy atom. The van der Waals surface area contributed by atoms with Gasteiger partial charge in [-0.1, -0.05) is 30.3 Å². The van der Waals surface area contributed by atoms with Crippen molar-refractivity contribution in [2.45, 2.75) is 36.1 Å². The van der Waals surface area contributed by atoms with Gasteiger partial charge in [-0.2, -0.15) is 0 Å². The van der Waals surface area contributed by atoms with Gasteiger partial charge >= 0.3 is 5.97 Å². The van der Waals surface area contributed by atoms with Gasteiger partial charge in [0.05, 0.1) is 6.42 Å². The number of benzene rings is 1. The third kappa shape index (κ3) is 2.16. The van der Waals surface area contributed by atoms with Gasteiger partial charge in [-0.15, -0.1) is 0 Å². The molecule has 128 valence electrons. The van der Waals surface area contributed by atoms with Crippen LogP contribution in [0.25, 0.3) is 0 Å². The number of esters is 1. The molecule has 1 amide bonds.